The lowest BCUT2D eigenvalue weighted by Gasteiger charge is -2.22. The number of anilines is 1. The summed E-state index contributed by atoms with van der Waals surface area (Å²) >= 11 is 0. The Balaban J connectivity index is 2.36. The predicted octanol–water partition coefficient (Wildman–Crippen LogP) is 2.96. The molecule has 0 unspecified atom stereocenters. The Hall–Kier alpha value is -1.51. The molecule has 0 bridgehead atoms. The number of hydrogen-bond acceptors (Lipinski definition) is 2. The second kappa shape index (κ2) is 5.01. The summed E-state index contributed by atoms with van der Waals surface area (Å²) in [5.41, 5.74) is 2.45. The maximum atomic E-state index is 4.38. The highest BCUT2D eigenvalue weighted by Crippen LogP contribution is 2.21. The summed E-state index contributed by atoms with van der Waals surface area (Å²) in [5, 5.41) is 4.38. The number of pyridine rings is 1. The van der Waals surface area contributed by atoms with Gasteiger partial charge in [-0.2, -0.15) is 5.10 Å². The Kier molecular flexibility index (Phi) is 3.44. The fourth-order valence-corrected chi connectivity index (χ4v) is 2.06. The van der Waals surface area contributed by atoms with Crippen LogP contribution >= 0.6 is 0 Å². The third-order valence-corrected chi connectivity index (χ3v) is 2.73. The van der Waals surface area contributed by atoms with E-state index >= 15 is 0 Å². The summed E-state index contributed by atoms with van der Waals surface area (Å²) < 4.78 is 1.94. The van der Waals surface area contributed by atoms with Gasteiger partial charge in [-0.15, -0.1) is 0 Å². The molecule has 0 aliphatic carbocycles. The van der Waals surface area contributed by atoms with Crippen LogP contribution in [-0.4, -0.2) is 22.7 Å². The van der Waals surface area contributed by atoms with Crippen molar-refractivity contribution < 1.29 is 0 Å². The molecule has 3 heteroatoms. The summed E-state index contributed by atoms with van der Waals surface area (Å²) in [7, 11) is 0. The van der Waals surface area contributed by atoms with E-state index in [0.29, 0.717) is 0 Å². The van der Waals surface area contributed by atoms with Crippen molar-refractivity contribution in [3.8, 4) is 0 Å². The van der Waals surface area contributed by atoms with Crippen LogP contribution in [0.2, 0.25) is 0 Å². The number of nitrogens with zero attached hydrogens (tertiary/aromatic N) is 3. The third-order valence-electron chi connectivity index (χ3n) is 2.73. The summed E-state index contributed by atoms with van der Waals surface area (Å²) in [6.45, 7) is 6.64. The minimum Gasteiger partial charge on any atom is -0.369 e. The van der Waals surface area contributed by atoms with E-state index in [-0.39, 0.29) is 0 Å². The molecule has 0 saturated carbocycles. The number of fused-ring (bicyclic) bond motifs is 1. The van der Waals surface area contributed by atoms with Crippen LogP contribution in [0, 0.1) is 0 Å². The minimum atomic E-state index is 1.10. The van der Waals surface area contributed by atoms with Crippen LogP contribution in [0.4, 0.5) is 5.69 Å². The van der Waals surface area contributed by atoms with Crippen LogP contribution < -0.4 is 4.90 Å². The molecule has 2 aromatic heterocycles. The quantitative estimate of drug-likeness (QED) is 0.767. The molecule has 0 amide bonds. The Labute approximate surface area is 96.7 Å². The monoisotopic (exact) mass is 217 g/mol. The van der Waals surface area contributed by atoms with Crippen molar-refractivity contribution in [2.24, 2.45) is 0 Å². The topological polar surface area (TPSA) is 20.5 Å². The Morgan fingerprint density at radius 2 is 1.94 bits per heavy atom. The van der Waals surface area contributed by atoms with Crippen molar-refractivity contribution >= 4 is 11.2 Å². The van der Waals surface area contributed by atoms with Crippen LogP contribution in [0.15, 0.2) is 30.6 Å². The standard InChI is InChI=1S/C13H19N3/c1-3-8-15(9-4-2)13-11-14-16-10-6-5-7-12(13)16/h5-7,10-11H,3-4,8-9H2,1-2H3. The lowest BCUT2D eigenvalue weighted by atomic mass is 10.3. The van der Waals surface area contributed by atoms with Crippen molar-refractivity contribution in [2.45, 2.75) is 26.7 Å². The second-order valence-electron chi connectivity index (χ2n) is 4.05. The highest BCUT2D eigenvalue weighted by Gasteiger charge is 2.10. The number of aromatic nitrogens is 2. The van der Waals surface area contributed by atoms with Gasteiger partial charge in [0.1, 0.15) is 0 Å². The van der Waals surface area contributed by atoms with Gasteiger partial charge in [0.15, 0.2) is 0 Å². The Bertz CT molecular complexity index is 441. The molecule has 16 heavy (non-hydrogen) atoms. The molecular weight excluding hydrogens is 198 g/mol. The first-order valence-electron chi connectivity index (χ1n) is 6.04. The largest absolute Gasteiger partial charge is 0.369 e. The van der Waals surface area contributed by atoms with E-state index < -0.39 is 0 Å². The van der Waals surface area contributed by atoms with Crippen LogP contribution in [0.1, 0.15) is 26.7 Å². The zero-order chi connectivity index (χ0) is 11.4. The maximum absolute atomic E-state index is 4.38. The average molecular weight is 217 g/mol. The first-order valence-corrected chi connectivity index (χ1v) is 6.04. The fraction of sp³-hybridized carbons (Fsp3) is 0.462. The Morgan fingerprint density at radius 3 is 2.62 bits per heavy atom. The molecule has 0 aromatic carbocycles. The van der Waals surface area contributed by atoms with Crippen molar-refractivity contribution in [2.75, 3.05) is 18.0 Å². The molecule has 2 rings (SSSR count). The molecule has 2 aromatic rings. The van der Waals surface area contributed by atoms with E-state index in [4.69, 9.17) is 0 Å². The average Bonchev–Trinajstić information content (AvgIpc) is 2.72. The molecule has 0 radical (unpaired) electrons. The van der Waals surface area contributed by atoms with Gasteiger partial charge in [-0.25, -0.2) is 4.52 Å². The van der Waals surface area contributed by atoms with E-state index in [0.717, 1.165) is 13.1 Å². The first kappa shape index (κ1) is 11.0. The van der Waals surface area contributed by atoms with Crippen molar-refractivity contribution in [3.63, 3.8) is 0 Å². The minimum absolute atomic E-state index is 1.10. The molecule has 2 heterocycles. The van der Waals surface area contributed by atoms with Gasteiger partial charge in [0.25, 0.3) is 0 Å². The van der Waals surface area contributed by atoms with Gasteiger partial charge in [0, 0.05) is 19.3 Å². The van der Waals surface area contributed by atoms with E-state index in [2.05, 4.69) is 36.0 Å². The van der Waals surface area contributed by atoms with Gasteiger partial charge >= 0.3 is 0 Å². The van der Waals surface area contributed by atoms with Gasteiger partial charge in [-0.05, 0) is 25.0 Å². The zero-order valence-electron chi connectivity index (χ0n) is 10.1. The van der Waals surface area contributed by atoms with E-state index in [1.165, 1.54) is 24.0 Å². The van der Waals surface area contributed by atoms with Crippen LogP contribution in [0.5, 0.6) is 0 Å². The molecule has 0 atom stereocenters. The normalized spacial score (nSPS) is 10.9. The summed E-state index contributed by atoms with van der Waals surface area (Å²) in [6.07, 6.45) is 6.31. The molecule has 86 valence electrons. The fourth-order valence-electron chi connectivity index (χ4n) is 2.06. The van der Waals surface area contributed by atoms with E-state index in [1.807, 2.05) is 23.0 Å². The van der Waals surface area contributed by atoms with Crippen LogP contribution in [0.25, 0.3) is 5.52 Å². The second-order valence-corrected chi connectivity index (χ2v) is 4.05. The zero-order valence-corrected chi connectivity index (χ0v) is 10.1. The molecule has 3 nitrogen and oxygen atoms in total. The van der Waals surface area contributed by atoms with Gasteiger partial charge < -0.3 is 4.90 Å². The van der Waals surface area contributed by atoms with Crippen molar-refractivity contribution in [1.29, 1.82) is 0 Å². The molecule has 0 spiro atoms. The molecule has 0 aliphatic rings. The van der Waals surface area contributed by atoms with Gasteiger partial charge in [-0.3, -0.25) is 0 Å². The molecule has 0 N–H and O–H groups in total. The SMILES string of the molecule is CCCN(CCC)c1cnn2ccccc12. The smallest absolute Gasteiger partial charge is 0.0895 e. The predicted molar refractivity (Wildman–Crippen MR) is 68.0 cm³/mol. The third kappa shape index (κ3) is 2.03. The molecule has 0 fully saturated rings. The van der Waals surface area contributed by atoms with E-state index in [1.54, 1.807) is 0 Å². The summed E-state index contributed by atoms with van der Waals surface area (Å²) in [5.74, 6) is 0. The Morgan fingerprint density at radius 1 is 1.19 bits per heavy atom. The summed E-state index contributed by atoms with van der Waals surface area (Å²) in [4.78, 5) is 2.42. The van der Waals surface area contributed by atoms with Crippen LogP contribution in [0.3, 0.4) is 0 Å². The molecule has 0 aliphatic heterocycles. The van der Waals surface area contributed by atoms with Crippen LogP contribution in [-0.2, 0) is 0 Å². The molecular formula is C13H19N3. The van der Waals surface area contributed by atoms with Crippen molar-refractivity contribution in [3.05, 3.63) is 30.6 Å². The summed E-state index contributed by atoms with van der Waals surface area (Å²) in [6, 6.07) is 6.20. The highest BCUT2D eigenvalue weighted by molar-refractivity contribution is 5.72. The van der Waals surface area contributed by atoms with Gasteiger partial charge in [-0.1, -0.05) is 19.9 Å². The van der Waals surface area contributed by atoms with Gasteiger partial charge in [0.05, 0.1) is 17.4 Å². The van der Waals surface area contributed by atoms with E-state index in [9.17, 15) is 0 Å². The lowest BCUT2D eigenvalue weighted by molar-refractivity contribution is 0.747. The number of rotatable bonds is 5. The van der Waals surface area contributed by atoms with Gasteiger partial charge in [0.2, 0.25) is 0 Å². The molecule has 0 saturated heterocycles. The van der Waals surface area contributed by atoms with Crippen molar-refractivity contribution in [1.82, 2.24) is 9.61 Å². The maximum Gasteiger partial charge on any atom is 0.0895 e. The highest BCUT2D eigenvalue weighted by atomic mass is 15.3. The first-order chi connectivity index (χ1) is 7.86. The lowest BCUT2D eigenvalue weighted by Crippen LogP contribution is -2.24. The number of hydrogen-bond donors (Lipinski definition) is 0.